The molecule has 0 amide bonds. The maximum atomic E-state index is 10.2. The second kappa shape index (κ2) is 6.03. The first-order valence-corrected chi connectivity index (χ1v) is 2.38. The highest BCUT2D eigenvalue weighted by Crippen LogP contribution is 1.82. The van der Waals surface area contributed by atoms with Gasteiger partial charge in [-0.3, -0.25) is 9.59 Å². The van der Waals surface area contributed by atoms with E-state index >= 15 is 0 Å². The lowest BCUT2D eigenvalue weighted by Crippen LogP contribution is -2.06. The van der Waals surface area contributed by atoms with Crippen molar-refractivity contribution in [3.8, 4) is 0 Å². The maximum Gasteiger partial charge on any atom is 0.316 e. The number of carbonyl (C=O) groups is 2. The molecule has 0 aliphatic carbocycles. The van der Waals surface area contributed by atoms with Crippen molar-refractivity contribution < 1.29 is 14.3 Å². The van der Waals surface area contributed by atoms with E-state index in [1.807, 2.05) is 0 Å². The Bertz CT molecular complexity index is 111. The fourth-order valence-electron chi connectivity index (χ4n) is 0.232. The monoisotopic (exact) mass is 142 g/mol. The lowest BCUT2D eigenvalue weighted by atomic mass is 10.5. The van der Waals surface area contributed by atoms with Crippen LogP contribution in [0.4, 0.5) is 0 Å². The molecule has 3 nitrogen and oxygen atoms in total. The molecule has 0 N–H and O–H groups in total. The van der Waals surface area contributed by atoms with Gasteiger partial charge < -0.3 is 4.74 Å². The summed E-state index contributed by atoms with van der Waals surface area (Å²) in [5.74, 6) is -1.02. The van der Waals surface area contributed by atoms with Crippen molar-refractivity contribution in [2.45, 2.75) is 20.3 Å². The molecule has 0 radical (unpaired) electrons. The van der Waals surface area contributed by atoms with E-state index in [9.17, 15) is 9.59 Å². The van der Waals surface area contributed by atoms with Crippen molar-refractivity contribution in [2.24, 2.45) is 0 Å². The molecular formula is C5H10MgO3. The van der Waals surface area contributed by atoms with Crippen LogP contribution in [0, 0.1) is 0 Å². The smallest absolute Gasteiger partial charge is 0.316 e. The second-order valence-corrected chi connectivity index (χ2v) is 1.32. The maximum absolute atomic E-state index is 10.2. The average Bonchev–Trinajstić information content (AvgIpc) is 1.65. The molecule has 0 bridgehead atoms. The number of hydrogen-bond donors (Lipinski definition) is 0. The fraction of sp³-hybridized carbons (Fsp3) is 0.600. The SMILES string of the molecule is CCC(=O)OC(C)=O.[MgH2]. The molecule has 0 spiro atoms. The van der Waals surface area contributed by atoms with Gasteiger partial charge in [0.2, 0.25) is 0 Å². The van der Waals surface area contributed by atoms with E-state index < -0.39 is 11.9 Å². The molecule has 0 aromatic rings. The minimum absolute atomic E-state index is 0. The minimum Gasteiger partial charge on any atom is -0.393 e. The Labute approximate surface area is 69.9 Å². The van der Waals surface area contributed by atoms with E-state index in [-0.39, 0.29) is 29.5 Å². The van der Waals surface area contributed by atoms with Gasteiger partial charge in [-0.2, -0.15) is 0 Å². The van der Waals surface area contributed by atoms with E-state index in [2.05, 4.69) is 4.74 Å². The van der Waals surface area contributed by atoms with Crippen LogP contribution in [0.3, 0.4) is 0 Å². The van der Waals surface area contributed by atoms with Gasteiger partial charge >= 0.3 is 35.0 Å². The standard InChI is InChI=1S/C5H8O3.Mg.2H/c1-3-5(7)8-4(2)6;;;/h3H2,1-2H3;;;. The van der Waals surface area contributed by atoms with Crippen LogP contribution in [0.5, 0.6) is 0 Å². The Morgan fingerprint density at radius 1 is 1.44 bits per heavy atom. The first kappa shape index (κ1) is 11.7. The number of carbonyl (C=O) groups excluding carboxylic acids is 2. The summed E-state index contributed by atoms with van der Waals surface area (Å²) in [5, 5.41) is 0. The third-order valence-electron chi connectivity index (χ3n) is 0.546. The zero-order valence-corrected chi connectivity index (χ0v) is 4.93. The van der Waals surface area contributed by atoms with Gasteiger partial charge in [0.1, 0.15) is 0 Å². The normalized spacial score (nSPS) is 7.33. The van der Waals surface area contributed by atoms with E-state index in [4.69, 9.17) is 0 Å². The lowest BCUT2D eigenvalue weighted by molar-refractivity contribution is -0.157. The van der Waals surface area contributed by atoms with Crippen molar-refractivity contribution in [3.05, 3.63) is 0 Å². The highest BCUT2D eigenvalue weighted by atomic mass is 24.3. The first-order chi connectivity index (χ1) is 3.66. The summed E-state index contributed by atoms with van der Waals surface area (Å²) < 4.78 is 4.12. The van der Waals surface area contributed by atoms with Gasteiger partial charge in [-0.05, 0) is 0 Å². The van der Waals surface area contributed by atoms with E-state index in [0.717, 1.165) is 0 Å². The average molecular weight is 142 g/mol. The van der Waals surface area contributed by atoms with Crippen LogP contribution in [0.2, 0.25) is 0 Å². The molecule has 0 heterocycles. The van der Waals surface area contributed by atoms with Gasteiger partial charge in [0.05, 0.1) is 0 Å². The van der Waals surface area contributed by atoms with E-state index in [1.165, 1.54) is 6.92 Å². The highest BCUT2D eigenvalue weighted by Gasteiger charge is 1.99. The van der Waals surface area contributed by atoms with Crippen LogP contribution < -0.4 is 0 Å². The van der Waals surface area contributed by atoms with Crippen LogP contribution in [-0.2, 0) is 14.3 Å². The van der Waals surface area contributed by atoms with Crippen LogP contribution in [0.1, 0.15) is 20.3 Å². The summed E-state index contributed by atoms with van der Waals surface area (Å²) in [4.78, 5) is 20.1. The number of esters is 2. The largest absolute Gasteiger partial charge is 0.393 e. The van der Waals surface area contributed by atoms with Crippen LogP contribution in [-0.4, -0.2) is 35.0 Å². The molecule has 0 aromatic heterocycles. The van der Waals surface area contributed by atoms with Crippen molar-refractivity contribution in [1.82, 2.24) is 0 Å². The van der Waals surface area contributed by atoms with Crippen molar-refractivity contribution >= 4 is 35.0 Å². The molecule has 0 aliphatic heterocycles. The second-order valence-electron chi connectivity index (χ2n) is 1.32. The Balaban J connectivity index is 0. The fourth-order valence-corrected chi connectivity index (χ4v) is 0.232. The number of rotatable bonds is 1. The zero-order valence-electron chi connectivity index (χ0n) is 4.93. The Kier molecular flexibility index (Phi) is 7.82. The van der Waals surface area contributed by atoms with Crippen molar-refractivity contribution in [2.75, 3.05) is 0 Å². The molecule has 50 valence electrons. The highest BCUT2D eigenvalue weighted by molar-refractivity contribution is 5.83. The molecule has 4 heteroatoms. The molecule has 0 saturated carbocycles. The van der Waals surface area contributed by atoms with E-state index in [1.54, 1.807) is 6.92 Å². The van der Waals surface area contributed by atoms with Gasteiger partial charge in [-0.1, -0.05) is 6.92 Å². The molecule has 0 saturated heterocycles. The molecule has 0 aromatic carbocycles. The third kappa shape index (κ3) is 7.91. The summed E-state index contributed by atoms with van der Waals surface area (Å²) in [7, 11) is 0. The van der Waals surface area contributed by atoms with Gasteiger partial charge in [-0.25, -0.2) is 0 Å². The number of ether oxygens (including phenoxy) is 1. The molecule has 0 unspecified atom stereocenters. The quantitative estimate of drug-likeness (QED) is 0.283. The van der Waals surface area contributed by atoms with Crippen molar-refractivity contribution in [3.63, 3.8) is 0 Å². The van der Waals surface area contributed by atoms with Gasteiger partial charge in [0, 0.05) is 13.3 Å². The Morgan fingerprint density at radius 3 is 2.00 bits per heavy atom. The molecule has 0 rings (SSSR count). The summed E-state index contributed by atoms with van der Waals surface area (Å²) in [6.07, 6.45) is 0.250. The topological polar surface area (TPSA) is 43.4 Å². The third-order valence-corrected chi connectivity index (χ3v) is 0.546. The molecular weight excluding hydrogens is 132 g/mol. The molecule has 0 fully saturated rings. The van der Waals surface area contributed by atoms with Crippen LogP contribution >= 0.6 is 0 Å². The van der Waals surface area contributed by atoms with Gasteiger partial charge in [0.15, 0.2) is 0 Å². The Hall–Kier alpha value is -0.0938. The summed E-state index contributed by atoms with van der Waals surface area (Å²) in [6.45, 7) is 2.83. The zero-order chi connectivity index (χ0) is 6.57. The van der Waals surface area contributed by atoms with Gasteiger partial charge in [-0.15, -0.1) is 0 Å². The predicted molar refractivity (Wildman–Crippen MR) is 35.6 cm³/mol. The predicted octanol–water partition coefficient (Wildman–Crippen LogP) is -0.430. The molecule has 9 heavy (non-hydrogen) atoms. The van der Waals surface area contributed by atoms with Crippen LogP contribution in [0.15, 0.2) is 0 Å². The van der Waals surface area contributed by atoms with Gasteiger partial charge in [0.25, 0.3) is 0 Å². The molecule has 0 atom stereocenters. The molecule has 0 aliphatic rings. The summed E-state index contributed by atoms with van der Waals surface area (Å²) in [5.41, 5.74) is 0. The Morgan fingerprint density at radius 2 is 1.89 bits per heavy atom. The first-order valence-electron chi connectivity index (χ1n) is 2.38. The van der Waals surface area contributed by atoms with Crippen molar-refractivity contribution in [1.29, 1.82) is 0 Å². The minimum atomic E-state index is -0.545. The van der Waals surface area contributed by atoms with Crippen LogP contribution in [0.25, 0.3) is 0 Å². The van der Waals surface area contributed by atoms with E-state index in [0.29, 0.717) is 0 Å². The lowest BCUT2D eigenvalue weighted by Gasteiger charge is -1.92. The summed E-state index contributed by atoms with van der Waals surface area (Å²) in [6, 6.07) is 0. The summed E-state index contributed by atoms with van der Waals surface area (Å²) >= 11 is 0. The number of hydrogen-bond acceptors (Lipinski definition) is 3.